The molecule has 6 rings (SSSR count). The lowest BCUT2D eigenvalue weighted by atomic mass is 9.88. The Labute approximate surface area is 391 Å². The Morgan fingerprint density at radius 3 is 2.36 bits per heavy atom. The van der Waals surface area contributed by atoms with Crippen LogP contribution in [-0.2, 0) is 39.6 Å². The van der Waals surface area contributed by atoms with Crippen LogP contribution in [0, 0.1) is 17.2 Å². The number of rotatable bonds is 19. The van der Waals surface area contributed by atoms with Gasteiger partial charge in [0.15, 0.2) is 5.82 Å². The second kappa shape index (κ2) is 26.0. The van der Waals surface area contributed by atoms with Crippen LogP contribution >= 0.6 is 0 Å². The monoisotopic (exact) mass is 926 g/mol. The number of hydrogen-bond donors (Lipinski definition) is 3. The van der Waals surface area contributed by atoms with E-state index in [9.17, 15) is 23.3 Å². The van der Waals surface area contributed by atoms with Gasteiger partial charge in [-0.2, -0.15) is 14.7 Å². The number of piperidine rings is 2. The van der Waals surface area contributed by atoms with Gasteiger partial charge in [0.05, 0.1) is 34.7 Å². The number of carbonyl (C=O) groups excluding carboxylic acids is 1. The van der Waals surface area contributed by atoms with Gasteiger partial charge in [-0.15, -0.1) is 0 Å². The summed E-state index contributed by atoms with van der Waals surface area (Å²) in [5, 5.41) is 21.6. The van der Waals surface area contributed by atoms with E-state index in [1.807, 2.05) is 39.5 Å². The second-order valence-electron chi connectivity index (χ2n) is 16.9. The van der Waals surface area contributed by atoms with Gasteiger partial charge in [0.2, 0.25) is 10.0 Å². The molecule has 4 aromatic rings. The zero-order valence-electron chi connectivity index (χ0n) is 40.0. The van der Waals surface area contributed by atoms with Crippen LogP contribution in [0.1, 0.15) is 99.6 Å². The molecule has 358 valence electrons. The maximum Gasteiger partial charge on any atom is 0.257 e. The minimum Gasteiger partial charge on any atom is -0.391 e. The molecular weight excluding hydrogens is 855 g/mol. The molecule has 2 aromatic heterocycles. The summed E-state index contributed by atoms with van der Waals surface area (Å²) in [6.07, 6.45) is 8.60. The summed E-state index contributed by atoms with van der Waals surface area (Å²) in [5.41, 5.74) is 9.31. The number of benzene rings is 2. The number of carbonyl (C=O) groups is 1. The zero-order valence-corrected chi connectivity index (χ0v) is 40.8. The van der Waals surface area contributed by atoms with Gasteiger partial charge >= 0.3 is 0 Å². The third kappa shape index (κ3) is 13.5. The van der Waals surface area contributed by atoms with Gasteiger partial charge in [-0.25, -0.2) is 13.4 Å². The fourth-order valence-corrected chi connectivity index (χ4v) is 10.1. The molecule has 4 heterocycles. The molecule has 2 saturated heterocycles. The summed E-state index contributed by atoms with van der Waals surface area (Å²) < 4.78 is 38.5. The lowest BCUT2D eigenvalue weighted by Crippen LogP contribution is -2.39. The molecular formula is C49H71N11O5S. The summed E-state index contributed by atoms with van der Waals surface area (Å²) in [7, 11) is 1.60. The molecule has 2 aromatic carbocycles. The number of likely N-dealkylation sites (tertiary alicyclic amines) is 1. The van der Waals surface area contributed by atoms with Crippen molar-refractivity contribution >= 4 is 51.8 Å². The largest absolute Gasteiger partial charge is 0.391 e. The molecule has 1 unspecified atom stereocenters. The van der Waals surface area contributed by atoms with Crippen LogP contribution in [0.4, 0.5) is 11.6 Å². The highest BCUT2D eigenvalue weighted by molar-refractivity contribution is 7.89. The zero-order chi connectivity index (χ0) is 48.4. The number of anilines is 1. The minimum atomic E-state index is -3.78. The van der Waals surface area contributed by atoms with E-state index in [0.29, 0.717) is 80.4 Å². The number of aromatic nitrogens is 3. The molecule has 2 aliphatic heterocycles. The SMILES string of the molecule is C=CNCCC=O.C=Nc1c(C=NC2CCN(S(=O)(=O)c3ccc(C#N)c(CC(C)CN4CCC(c5ccc6c(NC)nn(C)c6c5)CC4)c3)CC2)cc(COCC)c(=O)n1C(C)C.CN. The average Bonchev–Trinajstić information content (AvgIpc) is 3.65. The Balaban J connectivity index is 0.000000967. The van der Waals surface area contributed by atoms with Gasteiger partial charge in [-0.05, 0) is 145 Å². The number of pyridine rings is 1. The summed E-state index contributed by atoms with van der Waals surface area (Å²) in [4.78, 5) is 34.5. The number of aldehydes is 1. The quantitative estimate of drug-likeness (QED) is 0.0540. The molecule has 4 N–H and O–H groups in total. The first-order chi connectivity index (χ1) is 31.8. The van der Waals surface area contributed by atoms with Crippen molar-refractivity contribution in [2.75, 3.05) is 65.3 Å². The molecule has 0 amide bonds. The van der Waals surface area contributed by atoms with Gasteiger partial charge in [0.25, 0.3) is 5.56 Å². The maximum atomic E-state index is 13.9. The number of aryl methyl sites for hydroxylation is 1. The van der Waals surface area contributed by atoms with Crippen molar-refractivity contribution in [1.29, 1.82) is 5.26 Å². The number of nitrogens with zero attached hydrogens (tertiary/aromatic N) is 8. The van der Waals surface area contributed by atoms with E-state index in [1.165, 1.54) is 16.9 Å². The summed E-state index contributed by atoms with van der Waals surface area (Å²) in [6, 6.07) is 15.4. The average molecular weight is 926 g/mol. The number of aliphatic imine (C=N–C) groups is 2. The van der Waals surface area contributed by atoms with Crippen molar-refractivity contribution in [2.45, 2.75) is 95.7 Å². The Bertz CT molecular complexity index is 2470. The molecule has 66 heavy (non-hydrogen) atoms. The molecule has 0 aliphatic carbocycles. The van der Waals surface area contributed by atoms with Crippen LogP contribution < -0.4 is 21.9 Å². The molecule has 17 heteroatoms. The molecule has 0 bridgehead atoms. The Morgan fingerprint density at radius 2 is 1.76 bits per heavy atom. The normalized spacial score (nSPS) is 15.6. The molecule has 1 atom stereocenters. The second-order valence-corrected chi connectivity index (χ2v) is 18.8. The Kier molecular flexibility index (Phi) is 20.9. The van der Waals surface area contributed by atoms with Gasteiger partial charge < -0.3 is 30.8 Å². The van der Waals surface area contributed by atoms with E-state index in [4.69, 9.17) is 9.73 Å². The van der Waals surface area contributed by atoms with Crippen LogP contribution in [0.2, 0.25) is 0 Å². The fourth-order valence-electron chi connectivity index (χ4n) is 8.62. The van der Waals surface area contributed by atoms with Crippen molar-refractivity contribution in [3.63, 3.8) is 0 Å². The maximum absolute atomic E-state index is 13.9. The van der Waals surface area contributed by atoms with E-state index in [-0.39, 0.29) is 35.1 Å². The van der Waals surface area contributed by atoms with Crippen molar-refractivity contribution in [3.8, 4) is 6.07 Å². The Morgan fingerprint density at radius 1 is 1.05 bits per heavy atom. The van der Waals surface area contributed by atoms with Gasteiger partial charge in [-0.3, -0.25) is 19.0 Å². The predicted octanol–water partition coefficient (Wildman–Crippen LogP) is 6.31. The first kappa shape index (κ1) is 53.1. The van der Waals surface area contributed by atoms with Crippen LogP contribution in [0.25, 0.3) is 10.9 Å². The number of sulfonamides is 1. The first-order valence-electron chi connectivity index (χ1n) is 22.9. The standard InChI is InChI=1S/C43H57N9O4S.C5H9NO.CH5N/c1-8-56-28-36-22-35(42(46-6)52(29(2)3)43(36)53)26-47-37-15-19-51(20-16-37)57(54,55)38-11-9-33(25-44)34(23-38)21-30(4)27-50-17-13-31(14-18-50)32-10-12-39-40(24-32)49(7)48-41(39)45-5;1-2-6-4-3-5-7;1-2/h9-12,22-24,26,29-31,37H,6,8,13-21,27-28H2,1-5,7H3,(H,45,48);2,5-6H,1,3-4H2;2H2,1H3. The third-order valence-corrected chi connectivity index (χ3v) is 13.9. The topological polar surface area (TPSA) is 205 Å². The van der Waals surface area contributed by atoms with E-state index in [1.54, 1.807) is 41.2 Å². The van der Waals surface area contributed by atoms with Gasteiger partial charge in [0.1, 0.15) is 12.1 Å². The fraction of sp³-hybridized carbons (Fsp3) is 0.510. The van der Waals surface area contributed by atoms with Gasteiger partial charge in [-0.1, -0.05) is 19.6 Å². The third-order valence-electron chi connectivity index (χ3n) is 12.0. The molecule has 2 fully saturated rings. The van der Waals surface area contributed by atoms with Crippen molar-refractivity contribution in [1.82, 2.24) is 28.9 Å². The smallest absolute Gasteiger partial charge is 0.257 e. The minimum absolute atomic E-state index is 0.0948. The van der Waals surface area contributed by atoms with Crippen LogP contribution in [0.3, 0.4) is 0 Å². The molecule has 0 saturated carbocycles. The van der Waals surface area contributed by atoms with Crippen LogP contribution in [-0.4, -0.2) is 117 Å². The van der Waals surface area contributed by atoms with E-state index in [2.05, 4.69) is 75.8 Å². The molecule has 16 nitrogen and oxygen atoms in total. The van der Waals surface area contributed by atoms with Crippen molar-refractivity contribution in [2.24, 2.45) is 28.7 Å². The number of fused-ring (bicyclic) bond motifs is 1. The highest BCUT2D eigenvalue weighted by Gasteiger charge is 2.30. The number of nitrogens with two attached hydrogens (primary N) is 1. The highest BCUT2D eigenvalue weighted by Crippen LogP contribution is 2.33. The molecule has 2 aliphatic rings. The van der Waals surface area contributed by atoms with E-state index in [0.717, 1.165) is 61.0 Å². The number of ether oxygens (including phenoxy) is 1. The number of hydrogen-bond acceptors (Lipinski definition) is 13. The predicted molar refractivity (Wildman–Crippen MR) is 267 cm³/mol. The van der Waals surface area contributed by atoms with Gasteiger partial charge in [0, 0.05) is 82.1 Å². The van der Waals surface area contributed by atoms with Crippen LogP contribution in [0.5, 0.6) is 0 Å². The lowest BCUT2D eigenvalue weighted by molar-refractivity contribution is -0.107. The summed E-state index contributed by atoms with van der Waals surface area (Å²) in [5.74, 6) is 2.08. The van der Waals surface area contributed by atoms with E-state index < -0.39 is 10.0 Å². The lowest BCUT2D eigenvalue weighted by Gasteiger charge is -2.34. The first-order valence-corrected chi connectivity index (χ1v) is 24.4. The Hall–Kier alpha value is -5.51. The number of nitrogens with one attached hydrogen (secondary N) is 2. The summed E-state index contributed by atoms with van der Waals surface area (Å²) >= 11 is 0. The molecule has 0 spiro atoms. The number of nitriles is 1. The summed E-state index contributed by atoms with van der Waals surface area (Å²) in [6.45, 7) is 19.9. The van der Waals surface area contributed by atoms with Crippen LogP contribution in [0.15, 0.2) is 74.9 Å². The van der Waals surface area contributed by atoms with Crippen molar-refractivity contribution in [3.05, 3.63) is 93.4 Å². The van der Waals surface area contributed by atoms with Crippen molar-refractivity contribution < 1.29 is 17.9 Å². The highest BCUT2D eigenvalue weighted by atomic mass is 32.2. The molecule has 0 radical (unpaired) electrons. The van der Waals surface area contributed by atoms with E-state index >= 15 is 0 Å².